The van der Waals surface area contributed by atoms with E-state index in [0.717, 1.165) is 5.56 Å². The van der Waals surface area contributed by atoms with Crippen molar-refractivity contribution in [3.8, 4) is 0 Å². The third-order valence-electron chi connectivity index (χ3n) is 6.93. The van der Waals surface area contributed by atoms with Gasteiger partial charge in [0.2, 0.25) is 5.76 Å². The van der Waals surface area contributed by atoms with Crippen molar-refractivity contribution in [1.82, 2.24) is 4.72 Å². The first-order valence-corrected chi connectivity index (χ1v) is 15.0. The van der Waals surface area contributed by atoms with Crippen LogP contribution in [-0.2, 0) is 24.3 Å². The van der Waals surface area contributed by atoms with Crippen LogP contribution in [-0.4, -0.2) is 36.9 Å². The van der Waals surface area contributed by atoms with Gasteiger partial charge >= 0.3 is 11.9 Å². The molecule has 1 aliphatic rings. The van der Waals surface area contributed by atoms with Gasteiger partial charge in [0.25, 0.3) is 15.0 Å². The van der Waals surface area contributed by atoms with E-state index in [4.69, 9.17) is 13.9 Å². The molecule has 9 heteroatoms. The maximum absolute atomic E-state index is 14.4. The summed E-state index contributed by atoms with van der Waals surface area (Å²) in [6.07, 6.45) is 3.51. The molecule has 0 amide bonds. The molecule has 0 spiro atoms. The largest absolute Gasteiger partial charge is 0.459 e. The van der Waals surface area contributed by atoms with Crippen LogP contribution in [0, 0.1) is 5.92 Å². The number of allylic oxidation sites excluding steroid dienone is 2. The predicted octanol–water partition coefficient (Wildman–Crippen LogP) is 6.26. The summed E-state index contributed by atoms with van der Waals surface area (Å²) in [6.45, 7) is 11.8. The first-order chi connectivity index (χ1) is 19.1. The molecule has 0 saturated heterocycles. The van der Waals surface area contributed by atoms with Gasteiger partial charge in [-0.25, -0.2) is 13.2 Å². The fourth-order valence-corrected chi connectivity index (χ4v) is 7.00. The number of carbonyl (C=O) groups is 2. The highest BCUT2D eigenvalue weighted by atomic mass is 32.2. The monoisotopic (exact) mass is 579 g/mol. The van der Waals surface area contributed by atoms with Gasteiger partial charge in [-0.1, -0.05) is 74.5 Å². The third-order valence-corrected chi connectivity index (χ3v) is 8.98. The van der Waals surface area contributed by atoms with Gasteiger partial charge in [0.15, 0.2) is 0 Å². The van der Waals surface area contributed by atoms with Gasteiger partial charge in [-0.15, -0.1) is 0 Å². The van der Waals surface area contributed by atoms with Crippen LogP contribution in [0.25, 0.3) is 11.0 Å². The van der Waals surface area contributed by atoms with Crippen LogP contribution in [0.3, 0.4) is 0 Å². The van der Waals surface area contributed by atoms with Crippen LogP contribution in [0.5, 0.6) is 0 Å². The Balaban J connectivity index is 1.80. The second-order valence-corrected chi connectivity index (χ2v) is 13.5. The molecule has 0 bridgehead atoms. The number of hydrogen-bond acceptors (Lipinski definition) is 7. The van der Waals surface area contributed by atoms with Crippen molar-refractivity contribution in [3.63, 3.8) is 0 Å². The maximum Gasteiger partial charge on any atom is 0.376 e. The molecule has 1 aliphatic carbocycles. The second kappa shape index (κ2) is 11.3. The molecular weight excluding hydrogens is 542 g/mol. The van der Waals surface area contributed by atoms with E-state index in [1.807, 2.05) is 30.3 Å². The topological polar surface area (TPSA) is 112 Å². The number of hydrogen-bond donors (Lipinski definition) is 1. The Labute approximate surface area is 241 Å². The number of carbonyl (C=O) groups excluding carboxylic acids is 2. The van der Waals surface area contributed by atoms with E-state index in [2.05, 4.69) is 4.72 Å². The Morgan fingerprint density at radius 2 is 1.54 bits per heavy atom. The van der Waals surface area contributed by atoms with E-state index in [1.54, 1.807) is 84.9 Å². The Morgan fingerprint density at radius 1 is 0.951 bits per heavy atom. The predicted molar refractivity (Wildman–Crippen MR) is 158 cm³/mol. The molecule has 0 saturated carbocycles. The van der Waals surface area contributed by atoms with Crippen molar-refractivity contribution in [2.45, 2.75) is 71.0 Å². The molecule has 1 heterocycles. The standard InChI is InChI=1S/C32H37NO7S/c1-20(2)28(30(35)39-31(5,6)7)33-41(36,37)32(40-29(34)27-19-24-15-11-12-16-26(24)38-27)21(3)17-25(18-22(32)4)23-13-9-8-10-14-23/h8-20,25,28,33H,1-7H3. The number of nitrogens with one attached hydrogen (secondary N) is 1. The SMILES string of the molecule is CC1=CC(c2ccccc2)C=C(C)C1(OC(=O)c1cc2ccccc2o1)S(=O)(=O)NC(C(=O)OC(C)(C)C)C(C)C. The summed E-state index contributed by atoms with van der Waals surface area (Å²) in [6, 6.07) is 16.9. The van der Waals surface area contributed by atoms with Crippen LogP contribution in [0.2, 0.25) is 0 Å². The number of benzene rings is 2. The van der Waals surface area contributed by atoms with Crippen LogP contribution in [0.15, 0.2) is 88.4 Å². The summed E-state index contributed by atoms with van der Waals surface area (Å²) in [4.78, 5) is 24.4. The summed E-state index contributed by atoms with van der Waals surface area (Å²) in [5.41, 5.74) is 1.12. The van der Waals surface area contributed by atoms with Crippen LogP contribution < -0.4 is 4.72 Å². The Morgan fingerprint density at radius 3 is 2.10 bits per heavy atom. The minimum atomic E-state index is -4.60. The van der Waals surface area contributed by atoms with Gasteiger partial charge < -0.3 is 13.9 Å². The zero-order chi connectivity index (χ0) is 30.2. The molecule has 2 aromatic carbocycles. The van der Waals surface area contributed by atoms with Crippen molar-refractivity contribution >= 4 is 32.9 Å². The molecule has 41 heavy (non-hydrogen) atoms. The highest BCUT2D eigenvalue weighted by Crippen LogP contribution is 2.43. The molecule has 8 nitrogen and oxygen atoms in total. The lowest BCUT2D eigenvalue weighted by molar-refractivity contribution is -0.158. The highest BCUT2D eigenvalue weighted by molar-refractivity contribution is 7.91. The van der Waals surface area contributed by atoms with E-state index < -0.39 is 44.5 Å². The maximum atomic E-state index is 14.4. The fraction of sp³-hybridized carbons (Fsp3) is 0.375. The van der Waals surface area contributed by atoms with Crippen molar-refractivity contribution < 1.29 is 31.9 Å². The van der Waals surface area contributed by atoms with Gasteiger partial charge in [-0.2, -0.15) is 4.72 Å². The normalized spacial score (nSPS) is 20.3. The average molecular weight is 580 g/mol. The molecule has 1 unspecified atom stereocenters. The summed E-state index contributed by atoms with van der Waals surface area (Å²) in [7, 11) is -4.60. The minimum absolute atomic E-state index is 0.140. The molecule has 218 valence electrons. The summed E-state index contributed by atoms with van der Waals surface area (Å²) in [5, 5.41) is 0.673. The lowest BCUT2D eigenvalue weighted by Gasteiger charge is -2.39. The summed E-state index contributed by atoms with van der Waals surface area (Å²) in [5.74, 6) is -2.54. The number of rotatable bonds is 8. The zero-order valence-electron chi connectivity index (χ0n) is 24.4. The van der Waals surface area contributed by atoms with Crippen LogP contribution >= 0.6 is 0 Å². The minimum Gasteiger partial charge on any atom is -0.459 e. The quantitative estimate of drug-likeness (QED) is 0.248. The van der Waals surface area contributed by atoms with Gasteiger partial charge in [0.1, 0.15) is 17.2 Å². The molecule has 1 N–H and O–H groups in total. The van der Waals surface area contributed by atoms with Crippen molar-refractivity contribution in [1.29, 1.82) is 0 Å². The van der Waals surface area contributed by atoms with E-state index in [0.29, 0.717) is 11.0 Å². The van der Waals surface area contributed by atoms with Gasteiger partial charge in [-0.3, -0.25) is 4.79 Å². The first kappa shape index (κ1) is 30.3. The molecule has 1 atom stereocenters. The van der Waals surface area contributed by atoms with E-state index >= 15 is 0 Å². The number of esters is 2. The molecule has 3 aromatic rings. The fourth-order valence-electron chi connectivity index (χ4n) is 4.96. The van der Waals surface area contributed by atoms with Crippen LogP contribution in [0.4, 0.5) is 0 Å². The summed E-state index contributed by atoms with van der Waals surface area (Å²) >= 11 is 0. The molecule has 4 rings (SSSR count). The molecule has 0 radical (unpaired) electrons. The lowest BCUT2D eigenvalue weighted by Crippen LogP contribution is -2.57. The lowest BCUT2D eigenvalue weighted by atomic mass is 9.86. The smallest absolute Gasteiger partial charge is 0.376 e. The number of ether oxygens (including phenoxy) is 2. The van der Waals surface area contributed by atoms with Gasteiger partial charge in [0, 0.05) is 11.3 Å². The number of fused-ring (bicyclic) bond motifs is 1. The zero-order valence-corrected chi connectivity index (χ0v) is 25.2. The molecule has 1 aromatic heterocycles. The Bertz CT molecular complexity index is 1560. The number of para-hydroxylation sites is 1. The molecule has 0 aliphatic heterocycles. The van der Waals surface area contributed by atoms with Gasteiger partial charge in [-0.05, 0) is 69.4 Å². The van der Waals surface area contributed by atoms with E-state index in [9.17, 15) is 18.0 Å². The summed E-state index contributed by atoms with van der Waals surface area (Å²) < 4.78 is 48.5. The molecule has 0 fully saturated rings. The third kappa shape index (κ3) is 6.16. The average Bonchev–Trinajstić information content (AvgIpc) is 3.33. The number of furan rings is 1. The van der Waals surface area contributed by atoms with Crippen LogP contribution in [0.1, 0.15) is 70.5 Å². The first-order valence-electron chi connectivity index (χ1n) is 13.5. The Hall–Kier alpha value is -3.69. The second-order valence-electron chi connectivity index (χ2n) is 11.7. The van der Waals surface area contributed by atoms with E-state index in [1.165, 1.54) is 6.07 Å². The number of sulfonamides is 1. The van der Waals surface area contributed by atoms with Gasteiger partial charge in [0.05, 0.1) is 0 Å². The van der Waals surface area contributed by atoms with Crippen molar-refractivity contribution in [2.75, 3.05) is 0 Å². The van der Waals surface area contributed by atoms with Crippen molar-refractivity contribution in [2.24, 2.45) is 5.92 Å². The highest BCUT2D eigenvalue weighted by Gasteiger charge is 2.54. The van der Waals surface area contributed by atoms with Crippen molar-refractivity contribution in [3.05, 3.63) is 95.3 Å². The van der Waals surface area contributed by atoms with E-state index in [-0.39, 0.29) is 22.8 Å². The molecular formula is C32H37NO7S. The Kier molecular flexibility index (Phi) is 8.34.